The predicted molar refractivity (Wildman–Crippen MR) is 121 cm³/mol. The van der Waals surface area contributed by atoms with Crippen molar-refractivity contribution in [1.29, 1.82) is 0 Å². The van der Waals surface area contributed by atoms with Crippen LogP contribution >= 0.6 is 0 Å². The zero-order valence-electron chi connectivity index (χ0n) is 19.1. The van der Waals surface area contributed by atoms with Crippen LogP contribution in [0.4, 0.5) is 0 Å². The Balaban J connectivity index is 0.710. The Hall–Kier alpha value is -0.0105. The first-order chi connectivity index (χ1) is 14.6. The van der Waals surface area contributed by atoms with Crippen LogP contribution < -0.4 is 0 Å². The van der Waals surface area contributed by atoms with E-state index in [4.69, 9.17) is 4.99 Å². The van der Waals surface area contributed by atoms with Crippen LogP contribution in [0, 0.1) is 0 Å². The van der Waals surface area contributed by atoms with Crippen molar-refractivity contribution in [3.05, 3.63) is 0 Å². The molecule has 3 heteroatoms. The van der Waals surface area contributed by atoms with E-state index in [-0.39, 0.29) is 0 Å². The first-order valence-corrected chi connectivity index (χ1v) is 20.4. The van der Waals surface area contributed by atoms with Crippen molar-refractivity contribution in [3.63, 3.8) is 0 Å². The van der Waals surface area contributed by atoms with E-state index in [1.807, 2.05) is 5.84 Å². The maximum absolute atomic E-state index is 5.36. The van der Waals surface area contributed by atoms with E-state index < -0.39 is 6.51 Å². The molecule has 4 unspecified atom stereocenters. The van der Waals surface area contributed by atoms with E-state index in [2.05, 4.69) is 11.8 Å². The second-order valence-electron chi connectivity index (χ2n) is 15.8. The van der Waals surface area contributed by atoms with E-state index in [1.54, 1.807) is 0 Å². The van der Waals surface area contributed by atoms with Gasteiger partial charge in [0.1, 0.15) is 0 Å². The number of hydrogen-bond acceptors (Lipinski definition) is 2. The van der Waals surface area contributed by atoms with Gasteiger partial charge in [0.2, 0.25) is 0 Å². The quantitative estimate of drug-likeness (QED) is 0.193. The Labute approximate surface area is 173 Å². The summed E-state index contributed by atoms with van der Waals surface area (Å²) < 4.78 is 0.909. The molecule has 0 radical (unpaired) electrons. The Morgan fingerprint density at radius 1 is 0.733 bits per heavy atom. The van der Waals surface area contributed by atoms with Crippen molar-refractivity contribution >= 4 is 5.84 Å². The number of unbranched alkanes of at least 4 members (excludes halogenated alkanes) is 11. The van der Waals surface area contributed by atoms with Crippen molar-refractivity contribution in [2.24, 2.45) is 4.99 Å². The summed E-state index contributed by atoms with van der Waals surface area (Å²) in [5.41, 5.74) is 0. The van der Waals surface area contributed by atoms with Gasteiger partial charge in [-0.25, -0.2) is 0 Å². The molecular weight excluding hydrogens is 408 g/mol. The van der Waals surface area contributed by atoms with E-state index in [9.17, 15) is 0 Å². The maximum atomic E-state index is 5.36. The third-order valence-corrected chi connectivity index (χ3v) is 61.5. The number of hydrogen-bond donors (Lipinski definition) is 0. The molecule has 0 aromatic rings. The van der Waals surface area contributed by atoms with E-state index >= 15 is 0 Å². The molecule has 2 nitrogen and oxygen atoms in total. The van der Waals surface area contributed by atoms with Gasteiger partial charge in [-0.2, -0.15) is 0 Å². The average molecular weight is 450 g/mol. The zero-order chi connectivity index (χ0) is 19.5. The summed E-state index contributed by atoms with van der Waals surface area (Å²) in [6.45, 7) is 3.15. The summed E-state index contributed by atoms with van der Waals surface area (Å²) >= 11 is 0. The van der Waals surface area contributed by atoms with Gasteiger partial charge in [-0.05, 0) is 0 Å². The monoisotopic (exact) mass is 450 g/mol. The first-order valence-electron chi connectivity index (χ1n) is 14.1. The summed E-state index contributed by atoms with van der Waals surface area (Å²) in [4.78, 5) is 21.2. The van der Waals surface area contributed by atoms with Gasteiger partial charge >= 0.3 is 141 Å². The van der Waals surface area contributed by atoms with Crippen LogP contribution in [0.15, 0.2) is 4.99 Å². The first kappa shape index (κ1) is 15.8. The van der Waals surface area contributed by atoms with Gasteiger partial charge < -0.3 is 0 Å². The number of aliphatic imine (C=N–C) groups is 1. The summed E-state index contributed by atoms with van der Waals surface area (Å²) in [5, 5.41) is 0. The van der Waals surface area contributed by atoms with Crippen molar-refractivity contribution in [2.45, 2.75) is 132 Å². The fourth-order valence-electron chi connectivity index (χ4n) is 20.0. The Kier molecular flexibility index (Phi) is 1.19. The molecule has 30 heavy (non-hydrogen) atoms. The van der Waals surface area contributed by atoms with Crippen molar-refractivity contribution in [1.82, 2.24) is 4.90 Å². The molecule has 11 rings (SSSR count). The standard InChI is InChI=1S/C22H37N2.C5H5.Fe/c1-2-3-4-5-6-7-8-9-10-11-12-15-19-24-20-18-23-22(24)21-16-13-14-17-21;1-2-4-5-3-1;/h13-14,16-17H,2-12,15,18-20H2,1H3;1-5H;. The molecule has 0 amide bonds. The SMILES string of the molecule is CCCCCCCCCCCCCCN1CCN=C1[C]12[CH]3[CH]4[CH]5[CH]1[Fe]45321678[CH]2[CH]1[CH]6[CH]7[CH]28. The molecule has 0 saturated carbocycles. The van der Waals surface area contributed by atoms with Crippen LogP contribution in [-0.4, -0.2) is 30.4 Å². The molecule has 11 aliphatic rings. The van der Waals surface area contributed by atoms with E-state index in [0.29, 0.717) is 0 Å². The number of rotatable bonds is 14. The topological polar surface area (TPSA) is 15.6 Å². The van der Waals surface area contributed by atoms with Crippen molar-refractivity contribution in [2.75, 3.05) is 19.6 Å². The fourth-order valence-corrected chi connectivity index (χ4v) is 93.9. The molecule has 1 spiro atoms. The van der Waals surface area contributed by atoms with Gasteiger partial charge in [-0.1, -0.05) is 32.6 Å². The van der Waals surface area contributed by atoms with Gasteiger partial charge in [0.25, 0.3) is 0 Å². The molecule has 10 saturated heterocycles. The summed E-state index contributed by atoms with van der Waals surface area (Å²) in [5.74, 6) is 1.82. The van der Waals surface area contributed by atoms with Crippen LogP contribution in [-0.2, 0) is 6.51 Å². The normalized spacial score (nSPS) is 75.3. The van der Waals surface area contributed by atoms with Crippen molar-refractivity contribution < 1.29 is 6.51 Å². The van der Waals surface area contributed by atoms with E-state index in [0.717, 1.165) is 10.9 Å². The molecular formula is C27H42FeN2. The average Bonchev–Trinajstić information content (AvgIpc) is 3.63. The summed E-state index contributed by atoms with van der Waals surface area (Å²) in [7, 11) is 0. The molecule has 11 heterocycles. The molecule has 0 bridgehead atoms. The molecule has 0 aliphatic carbocycles. The van der Waals surface area contributed by atoms with Gasteiger partial charge in [0, 0.05) is 0 Å². The minimum atomic E-state index is -2.99. The third kappa shape index (κ3) is 0.345. The van der Waals surface area contributed by atoms with Crippen LogP contribution in [0.1, 0.15) is 84.0 Å². The third-order valence-electron chi connectivity index (χ3n) is 19.2. The predicted octanol–water partition coefficient (Wildman–Crippen LogP) is 8.16. The molecule has 10 fully saturated rings. The van der Waals surface area contributed by atoms with Crippen LogP contribution in [0.2, 0.25) is 47.7 Å². The molecule has 0 aromatic carbocycles. The van der Waals surface area contributed by atoms with Gasteiger partial charge in [-0.15, -0.1) is 0 Å². The van der Waals surface area contributed by atoms with Crippen LogP contribution in [0.25, 0.3) is 0 Å². The minimum absolute atomic E-state index is 0.909. The molecule has 4 atom stereocenters. The Morgan fingerprint density at radius 3 is 1.67 bits per heavy atom. The fraction of sp³-hybridized carbons (Fsp3) is 0.963. The summed E-state index contributed by atoms with van der Waals surface area (Å²) in [6.07, 6.45) is 17.6. The van der Waals surface area contributed by atoms with Crippen LogP contribution in [0.5, 0.6) is 0 Å². The Bertz CT molecular complexity index is 1170. The Morgan fingerprint density at radius 2 is 1.23 bits per heavy atom. The number of fused-ring (bicyclic) bond motifs is 10. The molecule has 0 aromatic heterocycles. The van der Waals surface area contributed by atoms with E-state index in [1.165, 1.54) is 133 Å². The zero-order valence-corrected chi connectivity index (χ0v) is 20.2. The van der Waals surface area contributed by atoms with Gasteiger partial charge in [0.15, 0.2) is 0 Å². The van der Waals surface area contributed by atoms with Crippen LogP contribution in [0.3, 0.4) is 0 Å². The molecule has 0 N–H and O–H groups in total. The van der Waals surface area contributed by atoms with Crippen molar-refractivity contribution in [3.8, 4) is 0 Å². The second kappa shape index (κ2) is 2.27. The number of amidine groups is 1. The number of nitrogens with zero attached hydrogens (tertiary/aromatic N) is 2. The van der Waals surface area contributed by atoms with Gasteiger partial charge in [-0.3, -0.25) is 0 Å². The molecule has 168 valence electrons. The summed E-state index contributed by atoms with van der Waals surface area (Å²) in [6, 6.07) is 0. The molecule has 11 aliphatic heterocycles. The van der Waals surface area contributed by atoms with Gasteiger partial charge in [0.05, 0.1) is 0 Å². The second-order valence-corrected chi connectivity index (χ2v) is 39.3.